The maximum Gasteiger partial charge on any atom is 0.129 e. The largest absolute Gasteiger partial charge is 0.494 e. The van der Waals surface area contributed by atoms with Crippen LogP contribution >= 0.6 is 15.9 Å². The van der Waals surface area contributed by atoms with E-state index in [4.69, 9.17) is 4.74 Å². The molecule has 0 aromatic heterocycles. The second-order valence-electron chi connectivity index (χ2n) is 3.92. The Bertz CT molecular complexity index is 361. The standard InChI is InChI=1S/C13H17BrO2/c1-10-9-12(6-7-13(10)14)16-8-4-3-5-11(2)15/h6-7,9H,3-5,8H2,1-2H3. The molecule has 0 aliphatic heterocycles. The van der Waals surface area contributed by atoms with Crippen molar-refractivity contribution in [1.82, 2.24) is 0 Å². The quantitative estimate of drug-likeness (QED) is 0.741. The zero-order chi connectivity index (χ0) is 12.0. The summed E-state index contributed by atoms with van der Waals surface area (Å²) in [4.78, 5) is 10.7. The van der Waals surface area contributed by atoms with Crippen LogP contribution in [0.5, 0.6) is 5.75 Å². The fraction of sp³-hybridized carbons (Fsp3) is 0.462. The van der Waals surface area contributed by atoms with Crippen molar-refractivity contribution in [3.63, 3.8) is 0 Å². The lowest BCUT2D eigenvalue weighted by Crippen LogP contribution is -1.99. The van der Waals surface area contributed by atoms with Gasteiger partial charge in [0.1, 0.15) is 11.5 Å². The van der Waals surface area contributed by atoms with Crippen molar-refractivity contribution < 1.29 is 9.53 Å². The summed E-state index contributed by atoms with van der Waals surface area (Å²) >= 11 is 3.45. The molecule has 1 aromatic carbocycles. The molecule has 88 valence electrons. The van der Waals surface area contributed by atoms with Crippen molar-refractivity contribution in [2.75, 3.05) is 6.61 Å². The van der Waals surface area contributed by atoms with Crippen LogP contribution < -0.4 is 4.74 Å². The van der Waals surface area contributed by atoms with Crippen LogP contribution in [0.15, 0.2) is 22.7 Å². The van der Waals surface area contributed by atoms with Gasteiger partial charge in [0.05, 0.1) is 6.61 Å². The molecule has 0 amide bonds. The minimum absolute atomic E-state index is 0.250. The molecule has 0 fully saturated rings. The first-order valence-electron chi connectivity index (χ1n) is 5.48. The van der Waals surface area contributed by atoms with E-state index in [1.165, 1.54) is 5.56 Å². The first-order chi connectivity index (χ1) is 7.59. The van der Waals surface area contributed by atoms with E-state index in [0.29, 0.717) is 13.0 Å². The van der Waals surface area contributed by atoms with E-state index in [1.54, 1.807) is 6.92 Å². The summed E-state index contributed by atoms with van der Waals surface area (Å²) in [6, 6.07) is 5.94. The number of Topliss-reactive ketones (excluding diaryl/α,β-unsaturated/α-hetero) is 1. The summed E-state index contributed by atoms with van der Waals surface area (Å²) in [7, 11) is 0. The summed E-state index contributed by atoms with van der Waals surface area (Å²) in [5.41, 5.74) is 1.17. The molecule has 1 aromatic rings. The molecule has 0 saturated carbocycles. The van der Waals surface area contributed by atoms with Gasteiger partial charge in [0.2, 0.25) is 0 Å². The zero-order valence-corrected chi connectivity index (χ0v) is 11.3. The van der Waals surface area contributed by atoms with Crippen LogP contribution in [0.2, 0.25) is 0 Å². The third-order valence-electron chi connectivity index (χ3n) is 2.32. The SMILES string of the molecule is CC(=O)CCCCOc1ccc(Br)c(C)c1. The Labute approximate surface area is 105 Å². The first-order valence-corrected chi connectivity index (χ1v) is 6.27. The number of aryl methyl sites for hydroxylation is 1. The van der Waals surface area contributed by atoms with Crippen molar-refractivity contribution in [1.29, 1.82) is 0 Å². The van der Waals surface area contributed by atoms with Crippen molar-refractivity contribution in [3.8, 4) is 5.75 Å². The van der Waals surface area contributed by atoms with Crippen molar-refractivity contribution in [2.24, 2.45) is 0 Å². The summed E-state index contributed by atoms with van der Waals surface area (Å²) in [6.45, 7) is 4.33. The first kappa shape index (κ1) is 13.2. The van der Waals surface area contributed by atoms with Gasteiger partial charge in [0, 0.05) is 10.9 Å². The van der Waals surface area contributed by atoms with Crippen LogP contribution in [0, 0.1) is 6.92 Å². The summed E-state index contributed by atoms with van der Waals surface area (Å²) in [6.07, 6.45) is 2.49. The highest BCUT2D eigenvalue weighted by Crippen LogP contribution is 2.21. The number of rotatable bonds is 6. The van der Waals surface area contributed by atoms with E-state index in [9.17, 15) is 4.79 Å². The molecule has 16 heavy (non-hydrogen) atoms. The third kappa shape index (κ3) is 4.79. The van der Waals surface area contributed by atoms with E-state index in [0.717, 1.165) is 23.1 Å². The predicted molar refractivity (Wildman–Crippen MR) is 68.9 cm³/mol. The Morgan fingerprint density at radius 1 is 1.38 bits per heavy atom. The van der Waals surface area contributed by atoms with Crippen LogP contribution in [-0.4, -0.2) is 12.4 Å². The molecule has 0 spiro atoms. The Morgan fingerprint density at radius 2 is 2.12 bits per heavy atom. The minimum atomic E-state index is 0.250. The van der Waals surface area contributed by atoms with Crippen LogP contribution in [0.25, 0.3) is 0 Å². The van der Waals surface area contributed by atoms with Gasteiger partial charge in [-0.1, -0.05) is 15.9 Å². The molecule has 0 atom stereocenters. The highest BCUT2D eigenvalue weighted by atomic mass is 79.9. The van der Waals surface area contributed by atoms with Crippen LogP contribution in [0.3, 0.4) is 0 Å². The average molecular weight is 285 g/mol. The maximum absolute atomic E-state index is 10.7. The molecule has 0 saturated heterocycles. The monoisotopic (exact) mass is 284 g/mol. The number of hydrogen-bond donors (Lipinski definition) is 0. The van der Waals surface area contributed by atoms with Gasteiger partial charge in [0.15, 0.2) is 0 Å². The second kappa shape index (κ2) is 6.69. The third-order valence-corrected chi connectivity index (χ3v) is 3.21. The van der Waals surface area contributed by atoms with E-state index >= 15 is 0 Å². The van der Waals surface area contributed by atoms with Gasteiger partial charge >= 0.3 is 0 Å². The van der Waals surface area contributed by atoms with Gasteiger partial charge in [-0.25, -0.2) is 0 Å². The molecular weight excluding hydrogens is 268 g/mol. The van der Waals surface area contributed by atoms with Gasteiger partial charge in [-0.05, 0) is 50.5 Å². The molecule has 0 aliphatic carbocycles. The molecular formula is C13H17BrO2. The number of halogens is 1. The molecule has 0 aliphatic rings. The summed E-state index contributed by atoms with van der Waals surface area (Å²) in [5.74, 6) is 1.14. The second-order valence-corrected chi connectivity index (χ2v) is 4.77. The Morgan fingerprint density at radius 3 is 2.75 bits per heavy atom. The van der Waals surface area contributed by atoms with Gasteiger partial charge in [-0.15, -0.1) is 0 Å². The average Bonchev–Trinajstić information content (AvgIpc) is 2.22. The molecule has 2 nitrogen and oxygen atoms in total. The molecule has 3 heteroatoms. The van der Waals surface area contributed by atoms with Gasteiger partial charge in [0.25, 0.3) is 0 Å². The number of ether oxygens (including phenoxy) is 1. The van der Waals surface area contributed by atoms with Crippen LogP contribution in [-0.2, 0) is 4.79 Å². The molecule has 0 bridgehead atoms. The Balaban J connectivity index is 2.27. The lowest BCUT2D eigenvalue weighted by molar-refractivity contribution is -0.117. The molecule has 0 radical (unpaired) electrons. The van der Waals surface area contributed by atoms with E-state index in [1.807, 2.05) is 25.1 Å². The van der Waals surface area contributed by atoms with E-state index in [2.05, 4.69) is 15.9 Å². The Hall–Kier alpha value is -0.830. The lowest BCUT2D eigenvalue weighted by Gasteiger charge is -2.07. The fourth-order valence-electron chi connectivity index (χ4n) is 1.37. The van der Waals surface area contributed by atoms with Crippen LogP contribution in [0.1, 0.15) is 31.7 Å². The fourth-order valence-corrected chi connectivity index (χ4v) is 1.62. The van der Waals surface area contributed by atoms with E-state index < -0.39 is 0 Å². The van der Waals surface area contributed by atoms with Gasteiger partial charge in [-0.3, -0.25) is 0 Å². The maximum atomic E-state index is 10.7. The number of ketones is 1. The summed E-state index contributed by atoms with van der Waals surface area (Å²) < 4.78 is 6.69. The number of carbonyl (C=O) groups excluding carboxylic acids is 1. The highest BCUT2D eigenvalue weighted by Gasteiger charge is 1.98. The van der Waals surface area contributed by atoms with Gasteiger partial charge < -0.3 is 9.53 Å². The minimum Gasteiger partial charge on any atom is -0.494 e. The number of hydrogen-bond acceptors (Lipinski definition) is 2. The molecule has 0 heterocycles. The highest BCUT2D eigenvalue weighted by molar-refractivity contribution is 9.10. The molecule has 1 rings (SSSR count). The predicted octanol–water partition coefficient (Wildman–Crippen LogP) is 3.90. The summed E-state index contributed by atoms with van der Waals surface area (Å²) in [5, 5.41) is 0. The Kier molecular flexibility index (Phi) is 5.53. The zero-order valence-electron chi connectivity index (χ0n) is 9.75. The lowest BCUT2D eigenvalue weighted by atomic mass is 10.2. The normalized spacial score (nSPS) is 10.2. The van der Waals surface area contributed by atoms with Crippen LogP contribution in [0.4, 0.5) is 0 Å². The smallest absolute Gasteiger partial charge is 0.129 e. The van der Waals surface area contributed by atoms with E-state index in [-0.39, 0.29) is 5.78 Å². The number of carbonyl (C=O) groups is 1. The van der Waals surface area contributed by atoms with Gasteiger partial charge in [-0.2, -0.15) is 0 Å². The van der Waals surface area contributed by atoms with Crippen molar-refractivity contribution in [2.45, 2.75) is 33.1 Å². The molecule has 0 N–H and O–H groups in total. The van der Waals surface area contributed by atoms with Crippen molar-refractivity contribution in [3.05, 3.63) is 28.2 Å². The number of benzene rings is 1. The topological polar surface area (TPSA) is 26.3 Å². The number of unbranched alkanes of at least 4 members (excludes halogenated alkanes) is 1. The molecule has 0 unspecified atom stereocenters. The van der Waals surface area contributed by atoms with Crippen molar-refractivity contribution >= 4 is 21.7 Å².